The van der Waals surface area contributed by atoms with Crippen LogP contribution in [0.1, 0.15) is 30.4 Å². The fourth-order valence-corrected chi connectivity index (χ4v) is 2.57. The summed E-state index contributed by atoms with van der Waals surface area (Å²) >= 11 is 0. The molecule has 0 aliphatic carbocycles. The number of hydrogen-bond acceptors (Lipinski definition) is 2. The van der Waals surface area contributed by atoms with Crippen molar-refractivity contribution in [1.29, 1.82) is 0 Å². The number of aliphatic carboxylic acids is 1. The quantitative estimate of drug-likeness (QED) is 0.851. The maximum absolute atomic E-state index is 12.5. The van der Waals surface area contributed by atoms with Crippen molar-refractivity contribution >= 4 is 5.97 Å². The van der Waals surface area contributed by atoms with Crippen molar-refractivity contribution in [3.05, 3.63) is 40.3 Å². The van der Waals surface area contributed by atoms with Crippen molar-refractivity contribution in [2.75, 3.05) is 0 Å². The van der Waals surface area contributed by atoms with E-state index < -0.39 is 35.7 Å². The lowest BCUT2D eigenvalue weighted by atomic mass is 9.90. The fourth-order valence-electron chi connectivity index (χ4n) is 2.57. The second-order valence-corrected chi connectivity index (χ2v) is 4.95. The molecule has 1 aliphatic rings. The number of rotatable bonds is 2. The zero-order chi connectivity index (χ0) is 15.1. The average Bonchev–Trinajstić information content (AvgIpc) is 2.65. The predicted octanol–water partition coefficient (Wildman–Crippen LogP) is 2.81. The Hall–Kier alpha value is -1.92. The number of carboxylic acid groups (broad SMARTS) is 1. The maximum Gasteiger partial charge on any atom is 0.416 e. The first-order chi connectivity index (χ1) is 9.21. The van der Waals surface area contributed by atoms with Crippen LogP contribution in [-0.4, -0.2) is 27.9 Å². The highest BCUT2D eigenvalue weighted by molar-refractivity contribution is 5.73. The van der Waals surface area contributed by atoms with Crippen molar-refractivity contribution in [3.63, 3.8) is 0 Å². The van der Waals surface area contributed by atoms with Crippen LogP contribution in [0.3, 0.4) is 0 Å². The minimum Gasteiger partial charge on any atom is -0.476 e. The second kappa shape index (κ2) is 4.88. The Morgan fingerprint density at radius 2 is 1.85 bits per heavy atom. The van der Waals surface area contributed by atoms with Gasteiger partial charge in [0.2, 0.25) is 6.04 Å². The van der Waals surface area contributed by atoms with Gasteiger partial charge in [0.25, 0.3) is 0 Å². The third-order valence-electron chi connectivity index (χ3n) is 3.60. The van der Waals surface area contributed by atoms with Crippen molar-refractivity contribution in [3.8, 4) is 0 Å². The molecule has 2 rings (SSSR count). The van der Waals surface area contributed by atoms with Gasteiger partial charge in [0.1, 0.15) is 0 Å². The van der Waals surface area contributed by atoms with Crippen LogP contribution in [0.2, 0.25) is 0 Å². The minimum atomic E-state index is -4.43. The minimum absolute atomic E-state index is 0.311. The van der Waals surface area contributed by atoms with Crippen molar-refractivity contribution in [2.24, 2.45) is 0 Å². The molecule has 1 aliphatic heterocycles. The molecule has 1 aromatic rings. The lowest BCUT2D eigenvalue weighted by Gasteiger charge is -2.11. The Balaban J connectivity index is 2.31. The van der Waals surface area contributed by atoms with Gasteiger partial charge < -0.3 is 5.11 Å². The van der Waals surface area contributed by atoms with Crippen LogP contribution in [0.4, 0.5) is 13.2 Å². The van der Waals surface area contributed by atoms with Gasteiger partial charge in [-0.1, -0.05) is 12.1 Å². The molecule has 1 N–H and O–H groups in total. The largest absolute Gasteiger partial charge is 0.476 e. The first-order valence-electron chi connectivity index (χ1n) is 6.07. The van der Waals surface area contributed by atoms with Gasteiger partial charge in [-0.05, 0) is 17.7 Å². The Kier molecular flexibility index (Phi) is 3.54. The van der Waals surface area contributed by atoms with Crippen LogP contribution in [0.15, 0.2) is 24.3 Å². The molecule has 3 unspecified atom stereocenters. The summed E-state index contributed by atoms with van der Waals surface area (Å²) in [7, 11) is 0. The number of halogens is 3. The summed E-state index contributed by atoms with van der Waals surface area (Å²) in [6.45, 7) is 1.60. The van der Waals surface area contributed by atoms with E-state index in [0.29, 0.717) is 16.7 Å². The van der Waals surface area contributed by atoms with Gasteiger partial charge in [-0.3, -0.25) is 0 Å². The molecule has 1 fully saturated rings. The third kappa shape index (κ3) is 2.52. The van der Waals surface area contributed by atoms with E-state index >= 15 is 0 Å². The number of nitroso groups, excluding NO2 is 1. The highest BCUT2D eigenvalue weighted by Crippen LogP contribution is 2.36. The van der Waals surface area contributed by atoms with E-state index in [-0.39, 0.29) is 0 Å². The maximum atomic E-state index is 12.5. The van der Waals surface area contributed by atoms with Crippen LogP contribution >= 0.6 is 0 Å². The summed E-state index contributed by atoms with van der Waals surface area (Å²) in [6, 6.07) is 2.59. The Bertz CT molecular complexity index is 539. The number of benzene rings is 1. The monoisotopic (exact) mass is 288 g/mol. The summed E-state index contributed by atoms with van der Waals surface area (Å²) in [5.41, 5.74) is -0.353. The van der Waals surface area contributed by atoms with E-state index in [9.17, 15) is 22.9 Å². The number of carbonyl (C=O) groups is 1. The molecule has 0 saturated carbocycles. The first kappa shape index (κ1) is 14.5. The Morgan fingerprint density at radius 3 is 2.30 bits per heavy atom. The normalized spacial score (nSPS) is 26.8. The molecule has 1 aromatic carbocycles. The average molecular weight is 288 g/mol. The van der Waals surface area contributed by atoms with Crippen molar-refractivity contribution in [2.45, 2.75) is 37.5 Å². The van der Waals surface area contributed by atoms with Gasteiger partial charge in [-0.25, -0.2) is 4.79 Å². The number of nitrogens with zero attached hydrogens (tertiary/aromatic N) is 1. The molecule has 4 nitrogen and oxygen atoms in total. The van der Waals surface area contributed by atoms with E-state index in [0.717, 1.165) is 12.1 Å². The van der Waals surface area contributed by atoms with Crippen LogP contribution in [0.5, 0.6) is 0 Å². The molecule has 0 radical (unpaired) electrons. The zero-order valence-corrected chi connectivity index (χ0v) is 10.6. The Morgan fingerprint density at radius 1 is 1.30 bits per heavy atom. The lowest BCUT2D eigenvalue weighted by molar-refractivity contribution is -0.585. The molecule has 7 heteroatoms. The van der Waals surface area contributed by atoms with Crippen LogP contribution in [-0.2, 0) is 11.0 Å². The fraction of sp³-hybridized carbons (Fsp3) is 0.462. The van der Waals surface area contributed by atoms with Crippen molar-refractivity contribution in [1.82, 2.24) is 0 Å². The molecule has 3 atom stereocenters. The molecule has 0 bridgehead atoms. The number of carboxylic acids is 1. The standard InChI is InChI=1S/C13H12F3NO3/c1-7-6-10(11(12(18)19)17(7)20)8-2-4-9(5-3-8)13(14,15)16/h2-5,7,10-11H,6H2,1H3/p+1. The molecular weight excluding hydrogens is 275 g/mol. The second-order valence-electron chi connectivity index (χ2n) is 4.95. The molecule has 1 saturated heterocycles. The van der Waals surface area contributed by atoms with Gasteiger partial charge >= 0.3 is 18.2 Å². The van der Waals surface area contributed by atoms with Gasteiger partial charge in [0, 0.05) is 23.0 Å². The summed E-state index contributed by atoms with van der Waals surface area (Å²) in [6.07, 6.45) is -4.12. The van der Waals surface area contributed by atoms with Gasteiger partial charge in [-0.2, -0.15) is 13.2 Å². The smallest absolute Gasteiger partial charge is 0.416 e. The number of hydrogen-bond donors (Lipinski definition) is 1. The topological polar surface area (TPSA) is 57.4 Å². The zero-order valence-electron chi connectivity index (χ0n) is 10.6. The molecule has 0 amide bonds. The molecular formula is C13H13F3NO3+. The SMILES string of the molecule is CC1CC(c2ccc(C(F)(F)F)cc2)C(C(=O)O)[N+]1=O. The van der Waals surface area contributed by atoms with E-state index in [2.05, 4.69) is 0 Å². The van der Waals surface area contributed by atoms with E-state index in [1.54, 1.807) is 6.92 Å². The van der Waals surface area contributed by atoms with Crippen molar-refractivity contribution < 1.29 is 27.8 Å². The highest BCUT2D eigenvalue weighted by atomic mass is 19.4. The van der Waals surface area contributed by atoms with Crippen LogP contribution in [0.25, 0.3) is 0 Å². The summed E-state index contributed by atoms with van der Waals surface area (Å²) in [5, 5.41) is 9.10. The van der Waals surface area contributed by atoms with E-state index in [4.69, 9.17) is 5.11 Å². The predicted molar refractivity (Wildman–Crippen MR) is 63.3 cm³/mol. The summed E-state index contributed by atoms with van der Waals surface area (Å²) < 4.78 is 37.9. The molecule has 0 aromatic heterocycles. The van der Waals surface area contributed by atoms with Gasteiger partial charge in [0.15, 0.2) is 0 Å². The van der Waals surface area contributed by atoms with E-state index in [1.165, 1.54) is 12.1 Å². The molecule has 0 spiro atoms. The third-order valence-corrected chi connectivity index (χ3v) is 3.60. The molecule has 20 heavy (non-hydrogen) atoms. The van der Waals surface area contributed by atoms with Gasteiger partial charge in [-0.15, -0.1) is 0 Å². The molecule has 1 heterocycles. The molecule has 108 valence electrons. The van der Waals surface area contributed by atoms with Crippen LogP contribution in [0, 0.1) is 4.91 Å². The van der Waals surface area contributed by atoms with E-state index in [1.807, 2.05) is 0 Å². The Labute approximate surface area is 112 Å². The number of alkyl halides is 3. The first-order valence-corrected chi connectivity index (χ1v) is 6.07. The summed E-state index contributed by atoms with van der Waals surface area (Å²) in [5.74, 6) is -1.85. The summed E-state index contributed by atoms with van der Waals surface area (Å²) in [4.78, 5) is 22.9. The lowest BCUT2D eigenvalue weighted by Crippen LogP contribution is -2.33. The van der Waals surface area contributed by atoms with Crippen LogP contribution < -0.4 is 0 Å². The van der Waals surface area contributed by atoms with Gasteiger partial charge in [0.05, 0.1) is 11.5 Å². The highest BCUT2D eigenvalue weighted by Gasteiger charge is 2.52.